The summed E-state index contributed by atoms with van der Waals surface area (Å²) in [7, 11) is 0. The van der Waals surface area contributed by atoms with Gasteiger partial charge in [-0.2, -0.15) is 0 Å². The van der Waals surface area contributed by atoms with Gasteiger partial charge in [0.2, 0.25) is 0 Å². The first-order chi connectivity index (χ1) is 4.29. The topological polar surface area (TPSA) is 17.1 Å². The summed E-state index contributed by atoms with van der Waals surface area (Å²) in [5.74, 6) is 0. The maximum Gasteiger partial charge on any atom is 0.191 e. The first-order valence-electron chi connectivity index (χ1n) is 2.53. The van der Waals surface area contributed by atoms with Crippen LogP contribution in [0.25, 0.3) is 0 Å². The Hall–Kier alpha value is -0.280. The van der Waals surface area contributed by atoms with Crippen LogP contribution in [0.15, 0.2) is 17.5 Å². The van der Waals surface area contributed by atoms with E-state index in [4.69, 9.17) is 0 Å². The fraction of sp³-hybridized carbons (Fsp3) is 0.167. The van der Waals surface area contributed by atoms with Crippen LogP contribution in [0.3, 0.4) is 0 Å². The number of rotatable bonds is 2. The maximum atomic E-state index is 10.4. The van der Waals surface area contributed by atoms with Crippen molar-refractivity contribution in [3.05, 3.63) is 22.4 Å². The lowest BCUT2D eigenvalue weighted by Gasteiger charge is -1.85. The molecule has 0 aromatic carbocycles. The summed E-state index contributed by atoms with van der Waals surface area (Å²) >= 11 is 5.23. The zero-order chi connectivity index (χ0) is 6.69. The average molecular weight is 158 g/mol. The van der Waals surface area contributed by atoms with E-state index in [1.165, 1.54) is 0 Å². The van der Waals surface area contributed by atoms with E-state index in [0.29, 0.717) is 6.42 Å². The minimum absolute atomic E-state index is 0.0718. The summed E-state index contributed by atoms with van der Waals surface area (Å²) < 4.78 is 0. The Morgan fingerprint density at radius 1 is 1.78 bits per heavy atom. The smallest absolute Gasteiger partial charge is 0.191 e. The molecule has 1 rings (SSSR count). The molecular weight excluding hydrogens is 152 g/mol. The Labute approximate surface area is 63.1 Å². The van der Waals surface area contributed by atoms with E-state index in [1.54, 1.807) is 11.3 Å². The second kappa shape index (κ2) is 3.03. The fourth-order valence-electron chi connectivity index (χ4n) is 0.562. The summed E-state index contributed by atoms with van der Waals surface area (Å²) in [5.41, 5.74) is 0. The van der Waals surface area contributed by atoms with Crippen LogP contribution in [0.4, 0.5) is 0 Å². The molecule has 0 fully saturated rings. The molecule has 1 nitrogen and oxygen atoms in total. The molecule has 9 heavy (non-hydrogen) atoms. The lowest BCUT2D eigenvalue weighted by molar-refractivity contribution is -0.110. The van der Waals surface area contributed by atoms with Crippen molar-refractivity contribution >= 4 is 29.1 Å². The van der Waals surface area contributed by atoms with Crippen LogP contribution < -0.4 is 0 Å². The quantitative estimate of drug-likeness (QED) is 0.649. The second-order valence-corrected chi connectivity index (χ2v) is 3.18. The molecule has 0 aliphatic rings. The molecule has 3 heteroatoms. The molecule has 0 amide bonds. The zero-order valence-corrected chi connectivity index (χ0v) is 6.41. The van der Waals surface area contributed by atoms with Crippen LogP contribution >= 0.6 is 24.0 Å². The minimum atomic E-state index is -0.0718. The highest BCUT2D eigenvalue weighted by molar-refractivity contribution is 7.96. The van der Waals surface area contributed by atoms with Crippen molar-refractivity contribution in [3.63, 3.8) is 0 Å². The standard InChI is InChI=1S/C6H6OS2/c7-6(8)4-5-2-1-3-9-5/h1-3H,4H2,(H,7,8). The fourth-order valence-corrected chi connectivity index (χ4v) is 1.54. The molecule has 1 aromatic rings. The van der Waals surface area contributed by atoms with E-state index in [1.807, 2.05) is 17.5 Å². The van der Waals surface area contributed by atoms with Gasteiger partial charge in [-0.25, -0.2) is 0 Å². The van der Waals surface area contributed by atoms with Crippen molar-refractivity contribution in [2.75, 3.05) is 0 Å². The minimum Gasteiger partial charge on any atom is -0.287 e. The van der Waals surface area contributed by atoms with Gasteiger partial charge in [0.25, 0.3) is 0 Å². The summed E-state index contributed by atoms with van der Waals surface area (Å²) in [6.07, 6.45) is 0.459. The molecule has 48 valence electrons. The molecule has 0 radical (unpaired) electrons. The van der Waals surface area contributed by atoms with Crippen molar-refractivity contribution in [2.24, 2.45) is 0 Å². The number of carbonyl (C=O) groups excluding carboxylic acids is 1. The Morgan fingerprint density at radius 3 is 3.00 bits per heavy atom. The van der Waals surface area contributed by atoms with Gasteiger partial charge < -0.3 is 0 Å². The van der Waals surface area contributed by atoms with Crippen molar-refractivity contribution in [1.29, 1.82) is 0 Å². The lowest BCUT2D eigenvalue weighted by atomic mass is 10.4. The summed E-state index contributed by atoms with van der Waals surface area (Å²) in [6, 6.07) is 3.86. The van der Waals surface area contributed by atoms with Crippen molar-refractivity contribution in [1.82, 2.24) is 0 Å². The van der Waals surface area contributed by atoms with Crippen LogP contribution in [0.1, 0.15) is 4.88 Å². The molecule has 0 atom stereocenters. The molecule has 0 aliphatic heterocycles. The van der Waals surface area contributed by atoms with Gasteiger partial charge in [-0.05, 0) is 11.4 Å². The summed E-state index contributed by atoms with van der Waals surface area (Å²) in [6.45, 7) is 0. The number of hydrogen-bond acceptors (Lipinski definition) is 2. The van der Waals surface area contributed by atoms with Crippen LogP contribution in [-0.2, 0) is 11.2 Å². The number of carbonyl (C=O) groups is 1. The average Bonchev–Trinajstić information content (AvgIpc) is 2.15. The zero-order valence-electron chi connectivity index (χ0n) is 4.70. The molecule has 0 saturated heterocycles. The highest BCUT2D eigenvalue weighted by atomic mass is 32.1. The van der Waals surface area contributed by atoms with Gasteiger partial charge in [0, 0.05) is 4.88 Å². The molecule has 0 saturated carbocycles. The first-order valence-corrected chi connectivity index (χ1v) is 3.86. The van der Waals surface area contributed by atoms with Gasteiger partial charge in [0.1, 0.15) is 0 Å². The molecule has 0 unspecified atom stereocenters. The van der Waals surface area contributed by atoms with E-state index in [9.17, 15) is 4.79 Å². The van der Waals surface area contributed by atoms with Crippen molar-refractivity contribution in [3.8, 4) is 0 Å². The van der Waals surface area contributed by atoms with E-state index >= 15 is 0 Å². The molecule has 0 N–H and O–H groups in total. The highest BCUT2D eigenvalue weighted by Crippen LogP contribution is 2.09. The SMILES string of the molecule is O=C(S)Cc1cccs1. The molecule has 0 bridgehead atoms. The van der Waals surface area contributed by atoms with Crippen LogP contribution in [0, 0.1) is 0 Å². The van der Waals surface area contributed by atoms with Crippen molar-refractivity contribution in [2.45, 2.75) is 6.42 Å². The first kappa shape index (κ1) is 6.83. The van der Waals surface area contributed by atoms with E-state index < -0.39 is 0 Å². The van der Waals surface area contributed by atoms with Crippen molar-refractivity contribution < 1.29 is 4.79 Å². The van der Waals surface area contributed by atoms with E-state index in [-0.39, 0.29) is 5.12 Å². The van der Waals surface area contributed by atoms with Crippen LogP contribution in [-0.4, -0.2) is 5.12 Å². The number of thiophene rings is 1. The predicted octanol–water partition coefficient (Wildman–Crippen LogP) is 1.75. The van der Waals surface area contributed by atoms with Gasteiger partial charge in [0.15, 0.2) is 5.12 Å². The summed E-state index contributed by atoms with van der Waals surface area (Å²) in [4.78, 5) is 11.5. The molecule has 1 heterocycles. The molecule has 0 spiro atoms. The van der Waals surface area contributed by atoms with Gasteiger partial charge in [-0.15, -0.1) is 24.0 Å². The Morgan fingerprint density at radius 2 is 2.56 bits per heavy atom. The largest absolute Gasteiger partial charge is 0.287 e. The van der Waals surface area contributed by atoms with Gasteiger partial charge in [0.05, 0.1) is 6.42 Å². The second-order valence-electron chi connectivity index (χ2n) is 1.65. The lowest BCUT2D eigenvalue weighted by Crippen LogP contribution is -1.88. The van der Waals surface area contributed by atoms with E-state index in [0.717, 1.165) is 4.88 Å². The van der Waals surface area contributed by atoms with Gasteiger partial charge >= 0.3 is 0 Å². The Balaban J connectivity index is 2.58. The third-order valence-corrected chi connectivity index (χ3v) is 1.94. The molecule has 1 aromatic heterocycles. The Bertz CT molecular complexity index is 191. The third-order valence-electron chi connectivity index (χ3n) is 0.906. The van der Waals surface area contributed by atoms with E-state index in [2.05, 4.69) is 12.6 Å². The van der Waals surface area contributed by atoms with Crippen LogP contribution in [0.5, 0.6) is 0 Å². The number of thiol groups is 1. The Kier molecular flexibility index (Phi) is 2.30. The maximum absolute atomic E-state index is 10.4. The highest BCUT2D eigenvalue weighted by Gasteiger charge is 1.96. The predicted molar refractivity (Wildman–Crippen MR) is 42.0 cm³/mol. The molecule has 0 aliphatic carbocycles. The number of hydrogen-bond donors (Lipinski definition) is 1. The van der Waals surface area contributed by atoms with Crippen LogP contribution in [0.2, 0.25) is 0 Å². The third kappa shape index (κ3) is 2.20. The molecular formula is C6H6OS2. The van der Waals surface area contributed by atoms with Gasteiger partial charge in [-0.1, -0.05) is 6.07 Å². The van der Waals surface area contributed by atoms with Gasteiger partial charge in [-0.3, -0.25) is 4.79 Å². The summed E-state index contributed by atoms with van der Waals surface area (Å²) in [5, 5.41) is 1.88. The normalized spacial score (nSPS) is 9.44. The monoisotopic (exact) mass is 158 g/mol.